The molecule has 4 rings (SSSR count). The van der Waals surface area contributed by atoms with Gasteiger partial charge in [0.25, 0.3) is 0 Å². The molecule has 154 valence electrons. The van der Waals surface area contributed by atoms with Crippen LogP contribution in [-0.4, -0.2) is 54.6 Å². The smallest absolute Gasteiger partial charge is 0.129 e. The third kappa shape index (κ3) is 4.61. The first-order chi connectivity index (χ1) is 14.1. The Labute approximate surface area is 173 Å². The molecule has 2 aliphatic rings. The van der Waals surface area contributed by atoms with E-state index in [4.69, 9.17) is 4.98 Å². The molecule has 4 nitrogen and oxygen atoms in total. The zero-order chi connectivity index (χ0) is 20.2. The quantitative estimate of drug-likeness (QED) is 0.758. The summed E-state index contributed by atoms with van der Waals surface area (Å²) in [5.41, 5.74) is 2.88. The molecule has 0 spiro atoms. The maximum atomic E-state index is 13.8. The predicted octanol–water partition coefficient (Wildman–Crippen LogP) is 4.56. The molecule has 1 aromatic carbocycles. The summed E-state index contributed by atoms with van der Waals surface area (Å²) in [6.45, 7) is 9.55. The summed E-state index contributed by atoms with van der Waals surface area (Å²) in [4.78, 5) is 12.0. The number of pyridine rings is 1. The first kappa shape index (κ1) is 19.9. The summed E-state index contributed by atoms with van der Waals surface area (Å²) in [5.74, 6) is 0.850. The van der Waals surface area contributed by atoms with Gasteiger partial charge in [-0.1, -0.05) is 24.8 Å². The highest BCUT2D eigenvalue weighted by molar-refractivity contribution is 5.61. The normalized spacial score (nSPS) is 21.1. The minimum atomic E-state index is -0.176. The van der Waals surface area contributed by atoms with Gasteiger partial charge in [0.2, 0.25) is 0 Å². The van der Waals surface area contributed by atoms with Gasteiger partial charge in [-0.05, 0) is 69.1 Å². The predicted molar refractivity (Wildman–Crippen MR) is 117 cm³/mol. The Balaban J connectivity index is 1.56. The minimum Gasteiger partial charge on any atom is -0.363 e. The molecule has 29 heavy (non-hydrogen) atoms. The van der Waals surface area contributed by atoms with E-state index in [-0.39, 0.29) is 11.9 Å². The van der Waals surface area contributed by atoms with Crippen molar-refractivity contribution in [2.24, 2.45) is 0 Å². The third-order valence-electron chi connectivity index (χ3n) is 6.16. The Morgan fingerprint density at radius 1 is 1.00 bits per heavy atom. The van der Waals surface area contributed by atoms with Crippen molar-refractivity contribution in [1.29, 1.82) is 0 Å². The molecule has 1 unspecified atom stereocenters. The molecule has 2 aliphatic heterocycles. The molecule has 2 aromatic rings. The van der Waals surface area contributed by atoms with Gasteiger partial charge in [0.15, 0.2) is 0 Å². The van der Waals surface area contributed by atoms with Crippen molar-refractivity contribution in [3.63, 3.8) is 0 Å². The average molecular weight is 395 g/mol. The van der Waals surface area contributed by atoms with Gasteiger partial charge >= 0.3 is 0 Å². The van der Waals surface area contributed by atoms with E-state index in [1.54, 1.807) is 12.1 Å². The Morgan fingerprint density at radius 3 is 2.72 bits per heavy atom. The first-order valence-electron chi connectivity index (χ1n) is 10.7. The number of hydrogen-bond donors (Lipinski definition) is 0. The fourth-order valence-corrected chi connectivity index (χ4v) is 4.50. The molecule has 1 atom stereocenters. The van der Waals surface area contributed by atoms with Crippen LogP contribution in [0.2, 0.25) is 0 Å². The van der Waals surface area contributed by atoms with E-state index in [1.807, 2.05) is 12.1 Å². The number of benzene rings is 1. The minimum absolute atomic E-state index is 0.157. The van der Waals surface area contributed by atoms with E-state index in [2.05, 4.69) is 40.5 Å². The Hall–Kier alpha value is -2.40. The number of piperidine rings is 1. The lowest BCUT2D eigenvalue weighted by molar-refractivity contribution is 0.230. The van der Waals surface area contributed by atoms with Crippen LogP contribution in [0.1, 0.15) is 43.0 Å². The van der Waals surface area contributed by atoms with Crippen LogP contribution in [-0.2, 0) is 0 Å². The summed E-state index contributed by atoms with van der Waals surface area (Å²) >= 11 is 0. The summed E-state index contributed by atoms with van der Waals surface area (Å²) in [6.07, 6.45) is 4.44. The van der Waals surface area contributed by atoms with Crippen molar-refractivity contribution in [2.75, 3.05) is 44.7 Å². The summed E-state index contributed by atoms with van der Waals surface area (Å²) < 4.78 is 13.8. The van der Waals surface area contributed by atoms with Gasteiger partial charge in [-0.3, -0.25) is 0 Å². The lowest BCUT2D eigenvalue weighted by atomic mass is 9.94. The molecular formula is C24H31FN4. The van der Waals surface area contributed by atoms with Gasteiger partial charge in [-0.15, -0.1) is 0 Å². The fourth-order valence-electron chi connectivity index (χ4n) is 4.50. The fraction of sp³-hybridized carbons (Fsp3) is 0.458. The number of anilines is 1. The van der Waals surface area contributed by atoms with Crippen molar-refractivity contribution in [2.45, 2.75) is 31.7 Å². The number of halogens is 1. The molecule has 0 bridgehead atoms. The van der Waals surface area contributed by atoms with Crippen molar-refractivity contribution < 1.29 is 4.39 Å². The van der Waals surface area contributed by atoms with Gasteiger partial charge in [-0.2, -0.15) is 0 Å². The van der Waals surface area contributed by atoms with Crippen LogP contribution in [0.15, 0.2) is 49.0 Å². The highest BCUT2D eigenvalue weighted by atomic mass is 19.1. The van der Waals surface area contributed by atoms with Crippen molar-refractivity contribution in [1.82, 2.24) is 14.8 Å². The third-order valence-corrected chi connectivity index (χ3v) is 6.16. The zero-order valence-corrected chi connectivity index (χ0v) is 17.4. The standard InChI is InChI=1S/C24H31FN4/c1-19(29-15-4-3-11-23(29)20-8-5-9-21(25)18-20)22-10-6-12-24(26-22)28-14-7-13-27(2)16-17-28/h5-6,8-10,12,18,23H,1,3-4,7,11,13-17H2,2H3. The molecule has 0 saturated carbocycles. The van der Waals surface area contributed by atoms with E-state index in [0.717, 1.165) is 81.2 Å². The Bertz CT molecular complexity index is 852. The molecular weight excluding hydrogens is 363 g/mol. The Kier molecular flexibility index (Phi) is 6.14. The second-order valence-corrected chi connectivity index (χ2v) is 8.23. The van der Waals surface area contributed by atoms with E-state index >= 15 is 0 Å². The summed E-state index contributed by atoms with van der Waals surface area (Å²) in [7, 11) is 2.18. The molecule has 0 aliphatic carbocycles. The molecule has 2 saturated heterocycles. The van der Waals surface area contributed by atoms with Crippen LogP contribution >= 0.6 is 0 Å². The SMILES string of the molecule is C=C(c1cccc(N2CCCN(C)CC2)n1)N1CCCCC1c1cccc(F)c1. The van der Waals surface area contributed by atoms with Gasteiger partial charge in [0, 0.05) is 26.2 Å². The van der Waals surface area contributed by atoms with E-state index in [9.17, 15) is 4.39 Å². The lowest BCUT2D eigenvalue weighted by Crippen LogP contribution is -2.32. The van der Waals surface area contributed by atoms with Crippen LogP contribution in [0.4, 0.5) is 10.2 Å². The van der Waals surface area contributed by atoms with Gasteiger partial charge in [-0.25, -0.2) is 9.37 Å². The Morgan fingerprint density at radius 2 is 1.86 bits per heavy atom. The van der Waals surface area contributed by atoms with Crippen LogP contribution < -0.4 is 4.90 Å². The van der Waals surface area contributed by atoms with Crippen LogP contribution in [0.5, 0.6) is 0 Å². The van der Waals surface area contributed by atoms with Gasteiger partial charge in [0.05, 0.1) is 17.4 Å². The molecule has 5 heteroatoms. The molecule has 1 aromatic heterocycles. The molecule has 0 amide bonds. The second kappa shape index (κ2) is 8.95. The number of nitrogens with zero attached hydrogens (tertiary/aromatic N) is 4. The lowest BCUT2D eigenvalue weighted by Gasteiger charge is -2.39. The van der Waals surface area contributed by atoms with Gasteiger partial charge < -0.3 is 14.7 Å². The highest BCUT2D eigenvalue weighted by Gasteiger charge is 2.26. The van der Waals surface area contributed by atoms with Crippen LogP contribution in [0, 0.1) is 5.82 Å². The topological polar surface area (TPSA) is 22.6 Å². The van der Waals surface area contributed by atoms with Crippen molar-refractivity contribution in [3.05, 3.63) is 66.1 Å². The van der Waals surface area contributed by atoms with E-state index < -0.39 is 0 Å². The van der Waals surface area contributed by atoms with E-state index in [1.165, 1.54) is 6.07 Å². The van der Waals surface area contributed by atoms with Gasteiger partial charge in [0.1, 0.15) is 11.6 Å². The number of likely N-dealkylation sites (N-methyl/N-ethyl adjacent to an activating group) is 1. The molecule has 2 fully saturated rings. The van der Waals surface area contributed by atoms with E-state index in [0.29, 0.717) is 0 Å². The second-order valence-electron chi connectivity index (χ2n) is 8.23. The number of likely N-dealkylation sites (tertiary alicyclic amines) is 1. The highest BCUT2D eigenvalue weighted by Crippen LogP contribution is 2.36. The molecule has 0 radical (unpaired) electrons. The average Bonchev–Trinajstić information content (AvgIpc) is 2.98. The van der Waals surface area contributed by atoms with Crippen LogP contribution in [0.3, 0.4) is 0 Å². The van der Waals surface area contributed by atoms with Crippen molar-refractivity contribution >= 4 is 11.5 Å². The largest absolute Gasteiger partial charge is 0.363 e. The number of rotatable bonds is 4. The van der Waals surface area contributed by atoms with Crippen molar-refractivity contribution in [3.8, 4) is 0 Å². The molecule has 3 heterocycles. The first-order valence-corrected chi connectivity index (χ1v) is 10.7. The maximum Gasteiger partial charge on any atom is 0.129 e. The molecule has 0 N–H and O–H groups in total. The maximum absolute atomic E-state index is 13.8. The van der Waals surface area contributed by atoms with Crippen LogP contribution in [0.25, 0.3) is 5.70 Å². The monoisotopic (exact) mass is 394 g/mol. The summed E-state index contributed by atoms with van der Waals surface area (Å²) in [5, 5.41) is 0. The summed E-state index contributed by atoms with van der Waals surface area (Å²) in [6, 6.07) is 13.4. The number of aromatic nitrogens is 1. The zero-order valence-electron chi connectivity index (χ0n) is 17.4. The number of hydrogen-bond acceptors (Lipinski definition) is 4.